The third-order valence-electron chi connectivity index (χ3n) is 4.00. The minimum Gasteiger partial charge on any atom is -0.313 e. The van der Waals surface area contributed by atoms with Gasteiger partial charge in [0.15, 0.2) is 0 Å². The Kier molecular flexibility index (Phi) is 4.03. The number of aromatic nitrogens is 2. The molecule has 1 N–H and O–H groups in total. The summed E-state index contributed by atoms with van der Waals surface area (Å²) in [5.41, 5.74) is 2.67. The molecule has 5 heteroatoms. The lowest BCUT2D eigenvalue weighted by atomic mass is 10.2. The molecule has 0 aromatic carbocycles. The number of hydrogen-bond acceptors (Lipinski definition) is 4. The molecular formula is C16H22N4O. The van der Waals surface area contributed by atoms with Crippen LogP contribution >= 0.6 is 0 Å². The van der Waals surface area contributed by atoms with Crippen LogP contribution in [0.25, 0.3) is 5.65 Å². The number of hydrogen-bond donors (Lipinski definition) is 1. The highest BCUT2D eigenvalue weighted by Gasteiger charge is 2.16. The smallest absolute Gasteiger partial charge is 0.258 e. The lowest BCUT2D eigenvalue weighted by Crippen LogP contribution is -2.35. The third kappa shape index (κ3) is 3.31. The fraction of sp³-hybridized carbons (Fsp3) is 0.500. The Labute approximate surface area is 124 Å². The summed E-state index contributed by atoms with van der Waals surface area (Å²) in [6, 6.07) is 6.08. The molecule has 3 heterocycles. The van der Waals surface area contributed by atoms with Crippen LogP contribution in [-0.4, -0.2) is 40.5 Å². The summed E-state index contributed by atoms with van der Waals surface area (Å²) < 4.78 is 1.59. The molecule has 0 radical (unpaired) electrons. The number of nitrogens with one attached hydrogen (secondary N) is 1. The highest BCUT2D eigenvalue weighted by atomic mass is 16.1. The Balaban J connectivity index is 1.78. The van der Waals surface area contributed by atoms with Crippen LogP contribution in [0.15, 0.2) is 29.2 Å². The van der Waals surface area contributed by atoms with Crippen LogP contribution in [-0.2, 0) is 6.54 Å². The molecule has 1 fully saturated rings. The fourth-order valence-corrected chi connectivity index (χ4v) is 2.96. The van der Waals surface area contributed by atoms with Gasteiger partial charge < -0.3 is 5.32 Å². The third-order valence-corrected chi connectivity index (χ3v) is 4.00. The molecule has 5 nitrogen and oxygen atoms in total. The number of rotatable bonds is 4. The van der Waals surface area contributed by atoms with Crippen molar-refractivity contribution in [3.05, 3.63) is 46.0 Å². The van der Waals surface area contributed by atoms with E-state index in [1.165, 1.54) is 12.8 Å². The molecule has 1 aliphatic rings. The van der Waals surface area contributed by atoms with E-state index in [-0.39, 0.29) is 5.56 Å². The first-order chi connectivity index (χ1) is 10.1. The molecule has 1 saturated heterocycles. The van der Waals surface area contributed by atoms with Crippen LogP contribution in [0, 0.1) is 6.92 Å². The average molecular weight is 286 g/mol. The van der Waals surface area contributed by atoms with Crippen molar-refractivity contribution in [2.45, 2.75) is 32.4 Å². The summed E-state index contributed by atoms with van der Waals surface area (Å²) in [7, 11) is 2.08. The summed E-state index contributed by atoms with van der Waals surface area (Å²) in [5, 5.41) is 3.49. The molecule has 2 aromatic heterocycles. The topological polar surface area (TPSA) is 49.6 Å². The van der Waals surface area contributed by atoms with Gasteiger partial charge in [-0.25, -0.2) is 4.98 Å². The molecule has 1 unspecified atom stereocenters. The lowest BCUT2D eigenvalue weighted by Gasteiger charge is -2.20. The van der Waals surface area contributed by atoms with Gasteiger partial charge in [-0.2, -0.15) is 0 Å². The van der Waals surface area contributed by atoms with Gasteiger partial charge in [-0.1, -0.05) is 0 Å². The van der Waals surface area contributed by atoms with Crippen molar-refractivity contribution < 1.29 is 0 Å². The molecule has 0 spiro atoms. The standard InChI is InChI=1S/C16H22N4O/c1-12-5-7-20-15(8-12)18-14(9-16(20)21)11-19(2)10-13-4-3-6-17-13/h5,7-9,13,17H,3-4,6,10-11H2,1-2H3. The van der Waals surface area contributed by atoms with Crippen molar-refractivity contribution in [1.82, 2.24) is 19.6 Å². The van der Waals surface area contributed by atoms with Gasteiger partial charge in [0, 0.05) is 31.4 Å². The van der Waals surface area contributed by atoms with Crippen LogP contribution in [0.5, 0.6) is 0 Å². The minimum absolute atomic E-state index is 0.0117. The molecule has 0 amide bonds. The van der Waals surface area contributed by atoms with E-state index in [2.05, 4.69) is 22.2 Å². The normalized spacial score (nSPS) is 18.7. The van der Waals surface area contributed by atoms with Gasteiger partial charge in [-0.05, 0) is 51.1 Å². The zero-order valence-corrected chi connectivity index (χ0v) is 12.7. The molecule has 21 heavy (non-hydrogen) atoms. The van der Waals surface area contributed by atoms with Gasteiger partial charge >= 0.3 is 0 Å². The first kappa shape index (κ1) is 14.2. The monoisotopic (exact) mass is 286 g/mol. The maximum Gasteiger partial charge on any atom is 0.258 e. The van der Waals surface area contributed by atoms with Crippen molar-refractivity contribution >= 4 is 5.65 Å². The maximum atomic E-state index is 12.1. The Morgan fingerprint density at radius 2 is 2.33 bits per heavy atom. The maximum absolute atomic E-state index is 12.1. The Hall–Kier alpha value is -1.72. The lowest BCUT2D eigenvalue weighted by molar-refractivity contribution is 0.290. The number of pyridine rings is 1. The van der Waals surface area contributed by atoms with E-state index in [0.717, 1.165) is 30.0 Å². The number of likely N-dealkylation sites (N-methyl/N-ethyl adjacent to an activating group) is 1. The van der Waals surface area contributed by atoms with E-state index in [0.29, 0.717) is 12.6 Å². The van der Waals surface area contributed by atoms with Crippen LogP contribution in [0.4, 0.5) is 0 Å². The van der Waals surface area contributed by atoms with E-state index < -0.39 is 0 Å². The molecule has 1 atom stereocenters. The molecule has 0 saturated carbocycles. The summed E-state index contributed by atoms with van der Waals surface area (Å²) >= 11 is 0. The number of nitrogens with zero attached hydrogens (tertiary/aromatic N) is 3. The highest BCUT2D eigenvalue weighted by molar-refractivity contribution is 5.41. The zero-order chi connectivity index (χ0) is 14.8. The predicted octanol–water partition coefficient (Wildman–Crippen LogP) is 1.19. The SMILES string of the molecule is Cc1ccn2c(=O)cc(CN(C)CC3CCCN3)nc2c1. The van der Waals surface area contributed by atoms with Crippen LogP contribution < -0.4 is 10.9 Å². The molecule has 0 bridgehead atoms. The molecule has 3 rings (SSSR count). The Bertz CT molecular complexity index is 688. The van der Waals surface area contributed by atoms with Crippen molar-refractivity contribution in [1.29, 1.82) is 0 Å². The summed E-state index contributed by atoms with van der Waals surface area (Å²) in [6.45, 7) is 4.83. The Morgan fingerprint density at radius 3 is 3.10 bits per heavy atom. The first-order valence-corrected chi connectivity index (χ1v) is 7.53. The van der Waals surface area contributed by atoms with E-state index in [9.17, 15) is 4.79 Å². The minimum atomic E-state index is -0.0117. The second-order valence-corrected chi connectivity index (χ2v) is 6.01. The molecule has 1 aliphatic heterocycles. The second-order valence-electron chi connectivity index (χ2n) is 6.01. The van der Waals surface area contributed by atoms with E-state index in [1.807, 2.05) is 19.1 Å². The first-order valence-electron chi connectivity index (χ1n) is 7.53. The van der Waals surface area contributed by atoms with Crippen molar-refractivity contribution in [3.63, 3.8) is 0 Å². The van der Waals surface area contributed by atoms with Crippen molar-refractivity contribution in [2.75, 3.05) is 20.1 Å². The quantitative estimate of drug-likeness (QED) is 0.917. The van der Waals surface area contributed by atoms with Gasteiger partial charge in [-0.3, -0.25) is 14.1 Å². The zero-order valence-electron chi connectivity index (χ0n) is 12.7. The van der Waals surface area contributed by atoms with E-state index in [4.69, 9.17) is 0 Å². The van der Waals surface area contributed by atoms with Crippen molar-refractivity contribution in [2.24, 2.45) is 0 Å². The van der Waals surface area contributed by atoms with Gasteiger partial charge in [0.1, 0.15) is 5.65 Å². The summed E-state index contributed by atoms with van der Waals surface area (Å²) in [5.74, 6) is 0. The highest BCUT2D eigenvalue weighted by Crippen LogP contribution is 2.08. The molecule has 2 aromatic rings. The number of aryl methyl sites for hydroxylation is 1. The number of fused-ring (bicyclic) bond motifs is 1. The molecular weight excluding hydrogens is 264 g/mol. The summed E-state index contributed by atoms with van der Waals surface area (Å²) in [6.07, 6.45) is 4.28. The van der Waals surface area contributed by atoms with Gasteiger partial charge in [0.2, 0.25) is 0 Å². The van der Waals surface area contributed by atoms with E-state index >= 15 is 0 Å². The fourth-order valence-electron chi connectivity index (χ4n) is 2.96. The van der Waals surface area contributed by atoms with E-state index in [1.54, 1.807) is 16.7 Å². The van der Waals surface area contributed by atoms with Crippen LogP contribution in [0.2, 0.25) is 0 Å². The van der Waals surface area contributed by atoms with Crippen LogP contribution in [0.1, 0.15) is 24.1 Å². The van der Waals surface area contributed by atoms with Crippen LogP contribution in [0.3, 0.4) is 0 Å². The van der Waals surface area contributed by atoms with Crippen molar-refractivity contribution in [3.8, 4) is 0 Å². The largest absolute Gasteiger partial charge is 0.313 e. The average Bonchev–Trinajstić information content (AvgIpc) is 2.90. The molecule has 112 valence electrons. The predicted molar refractivity (Wildman–Crippen MR) is 83.6 cm³/mol. The van der Waals surface area contributed by atoms with Gasteiger partial charge in [0.25, 0.3) is 5.56 Å². The Morgan fingerprint density at radius 1 is 1.48 bits per heavy atom. The second kappa shape index (κ2) is 5.95. The van der Waals surface area contributed by atoms with Gasteiger partial charge in [0.05, 0.1) is 5.69 Å². The van der Waals surface area contributed by atoms with Gasteiger partial charge in [-0.15, -0.1) is 0 Å². The molecule has 0 aliphatic carbocycles. The summed E-state index contributed by atoms with van der Waals surface area (Å²) in [4.78, 5) is 19.0.